The Bertz CT molecular complexity index is 601. The summed E-state index contributed by atoms with van der Waals surface area (Å²) in [4.78, 5) is 15.2. The van der Waals surface area contributed by atoms with Gasteiger partial charge >= 0.3 is 5.97 Å². The molecule has 2 aromatic heterocycles. The van der Waals surface area contributed by atoms with Gasteiger partial charge in [-0.15, -0.1) is 0 Å². The number of hydrogen-bond donors (Lipinski definition) is 2. The first-order chi connectivity index (χ1) is 8.16. The van der Waals surface area contributed by atoms with Crippen molar-refractivity contribution >= 4 is 17.0 Å². The van der Waals surface area contributed by atoms with Gasteiger partial charge in [0.25, 0.3) is 0 Å². The number of aromatic carboxylic acids is 1. The summed E-state index contributed by atoms with van der Waals surface area (Å²) in [7, 11) is 0. The maximum Gasteiger partial charge on any atom is 0.354 e. The van der Waals surface area contributed by atoms with E-state index < -0.39 is 5.97 Å². The molecule has 0 unspecified atom stereocenters. The Balaban J connectivity index is 2.21. The monoisotopic (exact) mass is 232 g/mol. The van der Waals surface area contributed by atoms with Crippen LogP contribution in [0.3, 0.4) is 0 Å². The first-order valence-corrected chi connectivity index (χ1v) is 5.45. The third-order valence-corrected chi connectivity index (χ3v) is 3.10. The van der Waals surface area contributed by atoms with Gasteiger partial charge in [-0.3, -0.25) is 0 Å². The molecule has 0 atom stereocenters. The third kappa shape index (κ3) is 1.49. The van der Waals surface area contributed by atoms with E-state index in [9.17, 15) is 4.79 Å². The summed E-state index contributed by atoms with van der Waals surface area (Å²) in [6.45, 7) is 3.59. The smallest absolute Gasteiger partial charge is 0.354 e. The van der Waals surface area contributed by atoms with E-state index in [0.717, 1.165) is 24.0 Å². The molecule has 0 aliphatic carbocycles. The van der Waals surface area contributed by atoms with Gasteiger partial charge in [-0.1, -0.05) is 0 Å². The Morgan fingerprint density at radius 1 is 1.59 bits per heavy atom. The summed E-state index contributed by atoms with van der Waals surface area (Å²) in [5.74, 6) is -1.01. The zero-order chi connectivity index (χ0) is 12.0. The standard InChI is InChI=1S/C11H12N4O2/c1-6-2-9(11(16)17)14-10-8(6)5-13-15(10)7-3-12-4-7/h2,5,7,12H,3-4H2,1H3,(H,16,17). The van der Waals surface area contributed by atoms with E-state index in [-0.39, 0.29) is 11.7 Å². The van der Waals surface area contributed by atoms with Gasteiger partial charge in [0.05, 0.1) is 12.2 Å². The minimum atomic E-state index is -1.01. The molecule has 2 N–H and O–H groups in total. The van der Waals surface area contributed by atoms with Gasteiger partial charge in [0.1, 0.15) is 0 Å². The number of carboxylic acid groups (broad SMARTS) is 1. The summed E-state index contributed by atoms with van der Waals surface area (Å²) < 4.78 is 1.81. The average molecular weight is 232 g/mol. The minimum absolute atomic E-state index is 0.0732. The maximum absolute atomic E-state index is 11.0. The lowest BCUT2D eigenvalue weighted by Gasteiger charge is -2.27. The van der Waals surface area contributed by atoms with Crippen molar-refractivity contribution < 1.29 is 9.90 Å². The van der Waals surface area contributed by atoms with E-state index in [0.29, 0.717) is 5.65 Å². The Hall–Kier alpha value is -1.95. The molecule has 0 radical (unpaired) electrons. The van der Waals surface area contributed by atoms with Crippen molar-refractivity contribution in [1.29, 1.82) is 0 Å². The van der Waals surface area contributed by atoms with Crippen molar-refractivity contribution in [2.24, 2.45) is 0 Å². The number of aromatic nitrogens is 3. The zero-order valence-electron chi connectivity index (χ0n) is 9.34. The zero-order valence-corrected chi connectivity index (χ0v) is 9.34. The molecule has 88 valence electrons. The lowest BCUT2D eigenvalue weighted by atomic mass is 10.1. The Morgan fingerprint density at radius 3 is 2.94 bits per heavy atom. The highest BCUT2D eigenvalue weighted by molar-refractivity contribution is 5.90. The van der Waals surface area contributed by atoms with Gasteiger partial charge in [0.2, 0.25) is 0 Å². The topological polar surface area (TPSA) is 80.0 Å². The molecule has 0 aromatic carbocycles. The van der Waals surface area contributed by atoms with Gasteiger partial charge in [-0.05, 0) is 18.6 Å². The van der Waals surface area contributed by atoms with E-state index in [4.69, 9.17) is 5.11 Å². The van der Waals surface area contributed by atoms with Crippen LogP contribution in [0.4, 0.5) is 0 Å². The van der Waals surface area contributed by atoms with Gasteiger partial charge in [-0.2, -0.15) is 5.10 Å². The Morgan fingerprint density at radius 2 is 2.35 bits per heavy atom. The van der Waals surface area contributed by atoms with Crippen LogP contribution in [0, 0.1) is 6.92 Å². The van der Waals surface area contributed by atoms with Crippen LogP contribution in [0.2, 0.25) is 0 Å². The SMILES string of the molecule is Cc1cc(C(=O)O)nc2c1cnn2C1CNC1. The second kappa shape index (κ2) is 3.53. The van der Waals surface area contributed by atoms with Crippen molar-refractivity contribution in [2.45, 2.75) is 13.0 Å². The molecule has 1 aliphatic heterocycles. The molecule has 17 heavy (non-hydrogen) atoms. The fourth-order valence-electron chi connectivity index (χ4n) is 2.00. The molecule has 0 bridgehead atoms. The van der Waals surface area contributed by atoms with Crippen LogP contribution in [0.1, 0.15) is 22.1 Å². The summed E-state index contributed by atoms with van der Waals surface area (Å²) in [6, 6.07) is 1.86. The third-order valence-electron chi connectivity index (χ3n) is 3.10. The van der Waals surface area contributed by atoms with Crippen LogP contribution in [-0.2, 0) is 0 Å². The molecule has 3 rings (SSSR count). The molecule has 3 heterocycles. The van der Waals surface area contributed by atoms with Crippen molar-refractivity contribution in [1.82, 2.24) is 20.1 Å². The largest absolute Gasteiger partial charge is 0.477 e. The molecule has 6 nitrogen and oxygen atoms in total. The molecule has 1 fully saturated rings. The molecule has 0 spiro atoms. The number of rotatable bonds is 2. The van der Waals surface area contributed by atoms with E-state index in [1.54, 1.807) is 12.3 Å². The fraction of sp³-hybridized carbons (Fsp3) is 0.364. The van der Waals surface area contributed by atoms with Gasteiger partial charge < -0.3 is 10.4 Å². The fourth-order valence-corrected chi connectivity index (χ4v) is 2.00. The van der Waals surface area contributed by atoms with Crippen LogP contribution < -0.4 is 5.32 Å². The summed E-state index contributed by atoms with van der Waals surface area (Å²) in [5.41, 5.74) is 1.63. The van der Waals surface area contributed by atoms with Gasteiger partial charge in [0, 0.05) is 18.5 Å². The number of nitrogens with one attached hydrogen (secondary N) is 1. The number of aryl methyl sites for hydroxylation is 1. The molecular weight excluding hydrogens is 220 g/mol. The van der Waals surface area contributed by atoms with Crippen LogP contribution >= 0.6 is 0 Å². The predicted molar refractivity (Wildman–Crippen MR) is 61.1 cm³/mol. The number of pyridine rings is 1. The summed E-state index contributed by atoms with van der Waals surface area (Å²) in [6.07, 6.45) is 1.75. The first kappa shape index (κ1) is 10.2. The molecule has 0 amide bonds. The van der Waals surface area contributed by atoms with E-state index in [1.807, 2.05) is 11.6 Å². The highest BCUT2D eigenvalue weighted by Crippen LogP contribution is 2.22. The number of carboxylic acids is 1. The quantitative estimate of drug-likeness (QED) is 0.791. The van der Waals surface area contributed by atoms with Crippen LogP contribution in [0.15, 0.2) is 12.3 Å². The minimum Gasteiger partial charge on any atom is -0.477 e. The van der Waals surface area contributed by atoms with Gasteiger partial charge in [-0.25, -0.2) is 14.5 Å². The first-order valence-electron chi connectivity index (χ1n) is 5.45. The summed E-state index contributed by atoms with van der Waals surface area (Å²) >= 11 is 0. The number of hydrogen-bond acceptors (Lipinski definition) is 4. The highest BCUT2D eigenvalue weighted by atomic mass is 16.4. The average Bonchev–Trinajstić information content (AvgIpc) is 2.60. The second-order valence-corrected chi connectivity index (χ2v) is 4.27. The maximum atomic E-state index is 11.0. The second-order valence-electron chi connectivity index (χ2n) is 4.27. The van der Waals surface area contributed by atoms with Crippen molar-refractivity contribution in [3.8, 4) is 0 Å². The van der Waals surface area contributed by atoms with E-state index in [1.165, 1.54) is 0 Å². The van der Waals surface area contributed by atoms with Gasteiger partial charge in [0.15, 0.2) is 11.3 Å². The molecule has 6 heteroatoms. The number of carbonyl (C=O) groups is 1. The van der Waals surface area contributed by atoms with Crippen LogP contribution in [0.25, 0.3) is 11.0 Å². The Labute approximate surface area is 97.3 Å². The number of fused-ring (bicyclic) bond motifs is 1. The lowest BCUT2D eigenvalue weighted by Crippen LogP contribution is -2.43. The molecular formula is C11H12N4O2. The molecule has 0 saturated carbocycles. The van der Waals surface area contributed by atoms with E-state index in [2.05, 4.69) is 15.4 Å². The molecule has 1 aliphatic rings. The predicted octanol–water partition coefficient (Wildman–Crippen LogP) is 0.582. The summed E-state index contributed by atoms with van der Waals surface area (Å²) in [5, 5.41) is 17.4. The normalized spacial score (nSPS) is 16.1. The van der Waals surface area contributed by atoms with Crippen LogP contribution in [-0.4, -0.2) is 38.9 Å². The molecule has 1 saturated heterocycles. The molecule has 2 aromatic rings. The number of nitrogens with zero attached hydrogens (tertiary/aromatic N) is 3. The Kier molecular flexibility index (Phi) is 2.12. The van der Waals surface area contributed by atoms with Crippen molar-refractivity contribution in [3.63, 3.8) is 0 Å². The lowest BCUT2D eigenvalue weighted by molar-refractivity contribution is 0.0690. The van der Waals surface area contributed by atoms with Crippen molar-refractivity contribution in [3.05, 3.63) is 23.5 Å². The van der Waals surface area contributed by atoms with E-state index >= 15 is 0 Å². The van der Waals surface area contributed by atoms with Crippen LogP contribution in [0.5, 0.6) is 0 Å². The highest BCUT2D eigenvalue weighted by Gasteiger charge is 2.23. The van der Waals surface area contributed by atoms with Crippen molar-refractivity contribution in [2.75, 3.05) is 13.1 Å².